The molecule has 0 spiro atoms. The average Bonchev–Trinajstić information content (AvgIpc) is 3.06. The van der Waals surface area contributed by atoms with E-state index in [1.54, 1.807) is 29.2 Å². The molecule has 28 heavy (non-hydrogen) atoms. The SMILES string of the molecule is CCOc1cc(CNn2cn[nH]c2=S)c(Cl)cc1OCc1ccc(Cl)cc1Cl. The van der Waals surface area contributed by atoms with Gasteiger partial charge in [0.2, 0.25) is 4.77 Å². The highest BCUT2D eigenvalue weighted by Crippen LogP contribution is 2.35. The number of hydrogen-bond acceptors (Lipinski definition) is 5. The van der Waals surface area contributed by atoms with Gasteiger partial charge in [0.15, 0.2) is 11.5 Å². The Morgan fingerprint density at radius 3 is 2.50 bits per heavy atom. The summed E-state index contributed by atoms with van der Waals surface area (Å²) in [7, 11) is 0. The van der Waals surface area contributed by atoms with Gasteiger partial charge in [-0.05, 0) is 42.9 Å². The number of ether oxygens (including phenoxy) is 2. The number of benzene rings is 2. The molecule has 0 unspecified atom stereocenters. The van der Waals surface area contributed by atoms with Gasteiger partial charge in [0.05, 0.1) is 13.2 Å². The third-order valence-electron chi connectivity index (χ3n) is 3.80. The average molecular weight is 460 g/mol. The molecule has 3 rings (SSSR count). The van der Waals surface area contributed by atoms with Crippen molar-refractivity contribution >= 4 is 47.0 Å². The number of nitrogens with one attached hydrogen (secondary N) is 2. The standard InChI is InChI=1S/C18H17Cl3N4O2S/c1-2-26-16-5-12(8-23-25-10-22-24-18(25)28)15(21)7-17(16)27-9-11-3-4-13(19)6-14(11)20/h3-7,10,23H,2,8-9H2,1H3,(H,24,28). The largest absolute Gasteiger partial charge is 0.490 e. The Morgan fingerprint density at radius 1 is 1.07 bits per heavy atom. The maximum Gasteiger partial charge on any atom is 0.214 e. The molecule has 6 nitrogen and oxygen atoms in total. The van der Waals surface area contributed by atoms with E-state index in [0.717, 1.165) is 11.1 Å². The van der Waals surface area contributed by atoms with E-state index in [4.69, 9.17) is 56.5 Å². The second-order valence-corrected chi connectivity index (χ2v) is 7.35. The van der Waals surface area contributed by atoms with Crippen LogP contribution in [-0.4, -0.2) is 21.5 Å². The first-order valence-electron chi connectivity index (χ1n) is 8.35. The summed E-state index contributed by atoms with van der Waals surface area (Å²) in [6, 6.07) is 8.81. The van der Waals surface area contributed by atoms with Crippen molar-refractivity contribution < 1.29 is 9.47 Å². The molecule has 0 aliphatic rings. The molecule has 2 N–H and O–H groups in total. The summed E-state index contributed by atoms with van der Waals surface area (Å²) >= 11 is 23.7. The summed E-state index contributed by atoms with van der Waals surface area (Å²) in [5.74, 6) is 1.12. The van der Waals surface area contributed by atoms with E-state index in [1.165, 1.54) is 0 Å². The molecule has 1 heterocycles. The van der Waals surface area contributed by atoms with Crippen molar-refractivity contribution in [3.63, 3.8) is 0 Å². The molecule has 0 radical (unpaired) electrons. The minimum Gasteiger partial charge on any atom is -0.490 e. The van der Waals surface area contributed by atoms with Crippen molar-refractivity contribution in [2.45, 2.75) is 20.1 Å². The van der Waals surface area contributed by atoms with Crippen LogP contribution in [0.25, 0.3) is 0 Å². The van der Waals surface area contributed by atoms with Gasteiger partial charge in [-0.25, -0.2) is 4.68 Å². The van der Waals surface area contributed by atoms with E-state index < -0.39 is 0 Å². The van der Waals surface area contributed by atoms with Crippen LogP contribution in [0.4, 0.5) is 0 Å². The van der Waals surface area contributed by atoms with Crippen molar-refractivity contribution in [2.24, 2.45) is 0 Å². The van der Waals surface area contributed by atoms with Crippen LogP contribution >= 0.6 is 47.0 Å². The molecule has 3 aromatic rings. The first kappa shape index (κ1) is 20.8. The van der Waals surface area contributed by atoms with Crippen LogP contribution in [0.2, 0.25) is 15.1 Å². The Labute approximate surface area is 182 Å². The lowest BCUT2D eigenvalue weighted by atomic mass is 10.2. The van der Waals surface area contributed by atoms with Crippen molar-refractivity contribution in [1.82, 2.24) is 14.9 Å². The van der Waals surface area contributed by atoms with Crippen molar-refractivity contribution in [2.75, 3.05) is 12.0 Å². The number of aromatic nitrogens is 3. The second-order valence-electron chi connectivity index (χ2n) is 5.71. The van der Waals surface area contributed by atoms with Gasteiger partial charge in [-0.1, -0.05) is 40.9 Å². The number of nitrogens with zero attached hydrogens (tertiary/aromatic N) is 2. The Balaban J connectivity index is 1.77. The summed E-state index contributed by atoms with van der Waals surface area (Å²) in [4.78, 5) is 0. The van der Waals surface area contributed by atoms with E-state index in [-0.39, 0.29) is 6.61 Å². The molecule has 10 heteroatoms. The highest BCUT2D eigenvalue weighted by molar-refractivity contribution is 7.71. The van der Waals surface area contributed by atoms with Crippen LogP contribution in [0, 0.1) is 4.77 Å². The van der Waals surface area contributed by atoms with Crippen LogP contribution in [0.5, 0.6) is 11.5 Å². The van der Waals surface area contributed by atoms with Gasteiger partial charge in [0, 0.05) is 26.7 Å². The summed E-state index contributed by atoms with van der Waals surface area (Å²) in [6.07, 6.45) is 1.55. The number of halogens is 3. The normalized spacial score (nSPS) is 10.7. The van der Waals surface area contributed by atoms with Crippen molar-refractivity contribution in [3.05, 3.63) is 67.6 Å². The molecule has 0 aliphatic heterocycles. The molecule has 0 saturated heterocycles. The van der Waals surface area contributed by atoms with E-state index in [2.05, 4.69) is 15.6 Å². The van der Waals surface area contributed by atoms with Gasteiger partial charge in [-0.15, -0.1) is 0 Å². The lowest BCUT2D eigenvalue weighted by Gasteiger charge is -2.16. The van der Waals surface area contributed by atoms with Crippen LogP contribution in [-0.2, 0) is 13.2 Å². The molecular formula is C18H17Cl3N4O2S. The fourth-order valence-corrected chi connectivity index (χ4v) is 3.27. The molecular weight excluding hydrogens is 443 g/mol. The summed E-state index contributed by atoms with van der Waals surface area (Å²) in [6.45, 7) is 3.07. The number of hydrogen-bond donors (Lipinski definition) is 2. The molecule has 0 fully saturated rings. The Kier molecular flexibility index (Phi) is 7.07. The van der Waals surface area contributed by atoms with Gasteiger partial charge in [-0.3, -0.25) is 5.10 Å². The predicted molar refractivity (Wildman–Crippen MR) is 114 cm³/mol. The smallest absolute Gasteiger partial charge is 0.214 e. The van der Waals surface area contributed by atoms with Crippen molar-refractivity contribution in [1.29, 1.82) is 0 Å². The number of rotatable bonds is 8. The van der Waals surface area contributed by atoms with E-state index >= 15 is 0 Å². The summed E-state index contributed by atoms with van der Waals surface area (Å²) in [5.41, 5.74) is 4.75. The van der Waals surface area contributed by atoms with Gasteiger partial charge in [0.25, 0.3) is 0 Å². The van der Waals surface area contributed by atoms with Gasteiger partial charge < -0.3 is 14.9 Å². The van der Waals surface area contributed by atoms with Crippen LogP contribution in [0.15, 0.2) is 36.7 Å². The highest BCUT2D eigenvalue weighted by Gasteiger charge is 2.13. The van der Waals surface area contributed by atoms with E-state index in [9.17, 15) is 0 Å². The topological polar surface area (TPSA) is 64.1 Å². The Morgan fingerprint density at radius 2 is 1.82 bits per heavy atom. The zero-order valence-corrected chi connectivity index (χ0v) is 17.9. The van der Waals surface area contributed by atoms with Crippen LogP contribution in [0.3, 0.4) is 0 Å². The second kappa shape index (κ2) is 9.52. The lowest BCUT2D eigenvalue weighted by Crippen LogP contribution is -2.14. The Bertz CT molecular complexity index is 1020. The van der Waals surface area contributed by atoms with E-state index in [0.29, 0.717) is 44.5 Å². The molecule has 0 saturated carbocycles. The van der Waals surface area contributed by atoms with Crippen molar-refractivity contribution in [3.8, 4) is 11.5 Å². The van der Waals surface area contributed by atoms with Gasteiger partial charge in [0.1, 0.15) is 12.9 Å². The summed E-state index contributed by atoms with van der Waals surface area (Å²) < 4.78 is 13.7. The molecule has 1 aromatic heterocycles. The molecule has 2 aromatic carbocycles. The summed E-state index contributed by atoms with van der Waals surface area (Å²) in [5, 5.41) is 8.16. The van der Waals surface area contributed by atoms with Crippen LogP contribution < -0.4 is 14.9 Å². The molecule has 0 bridgehead atoms. The van der Waals surface area contributed by atoms with Gasteiger partial charge in [-0.2, -0.15) is 5.10 Å². The zero-order chi connectivity index (χ0) is 20.1. The first-order valence-corrected chi connectivity index (χ1v) is 9.90. The predicted octanol–water partition coefficient (Wildman–Crippen LogP) is 5.62. The highest BCUT2D eigenvalue weighted by atomic mass is 35.5. The third-order valence-corrected chi connectivity index (χ3v) is 5.03. The zero-order valence-electron chi connectivity index (χ0n) is 14.8. The van der Waals surface area contributed by atoms with Crippen LogP contribution in [0.1, 0.15) is 18.1 Å². The maximum atomic E-state index is 6.44. The van der Waals surface area contributed by atoms with Gasteiger partial charge >= 0.3 is 0 Å². The molecule has 148 valence electrons. The fourth-order valence-electron chi connectivity index (χ4n) is 2.42. The maximum absolute atomic E-state index is 6.44. The monoisotopic (exact) mass is 458 g/mol. The Hall–Kier alpha value is -1.93. The lowest BCUT2D eigenvalue weighted by molar-refractivity contribution is 0.269. The number of H-pyrrole nitrogens is 1. The van der Waals surface area contributed by atoms with E-state index in [1.807, 2.05) is 19.1 Å². The minimum absolute atomic E-state index is 0.258. The third kappa shape index (κ3) is 5.11. The molecule has 0 aliphatic carbocycles. The fraction of sp³-hybridized carbons (Fsp3) is 0.222. The number of aromatic amines is 1. The molecule has 0 amide bonds. The minimum atomic E-state index is 0.258. The molecule has 0 atom stereocenters. The first-order chi connectivity index (χ1) is 13.5. The quantitative estimate of drug-likeness (QED) is 0.428.